The molecule has 0 atom stereocenters. The maximum atomic E-state index is 6.54. The number of hydrogen-bond acceptors (Lipinski definition) is 1. The van der Waals surface area contributed by atoms with Crippen molar-refractivity contribution in [2.45, 2.75) is 38.0 Å². The van der Waals surface area contributed by atoms with E-state index in [0.717, 1.165) is 0 Å². The van der Waals surface area contributed by atoms with E-state index in [0.29, 0.717) is 13.2 Å². The minimum absolute atomic E-state index is 0.167. The van der Waals surface area contributed by atoms with E-state index in [-0.39, 0.29) is 10.3 Å². The van der Waals surface area contributed by atoms with E-state index in [4.69, 9.17) is 16.3 Å². The molecule has 0 N–H and O–H groups in total. The predicted molar refractivity (Wildman–Crippen MR) is 68.2 cm³/mol. The molecule has 1 nitrogen and oxygen atoms in total. The molecule has 0 spiro atoms. The Morgan fingerprint density at radius 3 is 2.31 bits per heavy atom. The Morgan fingerprint density at radius 2 is 1.88 bits per heavy atom. The zero-order valence-electron chi connectivity index (χ0n) is 10.4. The van der Waals surface area contributed by atoms with Crippen LogP contribution in [-0.4, -0.2) is 13.2 Å². The zero-order chi connectivity index (χ0) is 12.0. The number of rotatable bonds is 1. The molecule has 1 fully saturated rings. The Hall–Kier alpha value is -0.530. The molecule has 0 aliphatic carbocycles. The van der Waals surface area contributed by atoms with Gasteiger partial charge in [0.15, 0.2) is 0 Å². The van der Waals surface area contributed by atoms with Crippen molar-refractivity contribution in [3.63, 3.8) is 0 Å². The Labute approximate surface area is 103 Å². The van der Waals surface area contributed by atoms with Crippen LogP contribution < -0.4 is 0 Å². The third-order valence-electron chi connectivity index (χ3n) is 3.25. The van der Waals surface area contributed by atoms with Crippen LogP contribution in [0.15, 0.2) is 18.2 Å². The summed E-state index contributed by atoms with van der Waals surface area (Å²) < 4.78 is 5.24. The van der Waals surface area contributed by atoms with Crippen molar-refractivity contribution < 1.29 is 4.74 Å². The highest BCUT2D eigenvalue weighted by atomic mass is 35.5. The lowest BCUT2D eigenvalue weighted by Gasteiger charge is -2.37. The summed E-state index contributed by atoms with van der Waals surface area (Å²) in [5.74, 6) is 0. The highest BCUT2D eigenvalue weighted by Gasteiger charge is 2.39. The molecule has 1 aliphatic heterocycles. The molecule has 0 amide bonds. The van der Waals surface area contributed by atoms with Gasteiger partial charge < -0.3 is 4.74 Å². The molecule has 2 rings (SSSR count). The molecule has 0 saturated carbocycles. The molecular weight excluding hydrogens is 220 g/mol. The first-order valence-electron chi connectivity index (χ1n) is 5.71. The van der Waals surface area contributed by atoms with E-state index in [1.165, 1.54) is 16.7 Å². The van der Waals surface area contributed by atoms with E-state index in [1.807, 2.05) is 0 Å². The normalized spacial score (nSPS) is 19.3. The summed E-state index contributed by atoms with van der Waals surface area (Å²) in [7, 11) is 0. The van der Waals surface area contributed by atoms with Gasteiger partial charge in [0.1, 0.15) is 4.87 Å². The molecule has 0 aromatic heterocycles. The summed E-state index contributed by atoms with van der Waals surface area (Å²) in [6.45, 7) is 10.0. The van der Waals surface area contributed by atoms with Gasteiger partial charge in [-0.3, -0.25) is 0 Å². The third-order valence-corrected chi connectivity index (χ3v) is 3.67. The topological polar surface area (TPSA) is 9.23 Å². The van der Waals surface area contributed by atoms with Gasteiger partial charge >= 0.3 is 0 Å². The lowest BCUT2D eigenvalue weighted by atomic mass is 9.82. The van der Waals surface area contributed by atoms with E-state index >= 15 is 0 Å². The summed E-state index contributed by atoms with van der Waals surface area (Å²) in [5, 5.41) is 0. The first-order valence-corrected chi connectivity index (χ1v) is 6.09. The molecule has 0 unspecified atom stereocenters. The fourth-order valence-electron chi connectivity index (χ4n) is 2.01. The first-order chi connectivity index (χ1) is 7.33. The van der Waals surface area contributed by atoms with Crippen LogP contribution in [0, 0.1) is 6.92 Å². The van der Waals surface area contributed by atoms with E-state index in [9.17, 15) is 0 Å². The summed E-state index contributed by atoms with van der Waals surface area (Å²) >= 11 is 6.54. The van der Waals surface area contributed by atoms with Gasteiger partial charge in [-0.1, -0.05) is 39.0 Å². The number of benzene rings is 1. The lowest BCUT2D eigenvalue weighted by molar-refractivity contribution is -0.0155. The second-order valence-corrected chi connectivity index (χ2v) is 6.46. The minimum Gasteiger partial charge on any atom is -0.377 e. The molecule has 0 bridgehead atoms. The molecular formula is C14H19ClO. The summed E-state index contributed by atoms with van der Waals surface area (Å²) in [5.41, 5.74) is 3.99. The van der Waals surface area contributed by atoms with Gasteiger partial charge in [0.05, 0.1) is 13.2 Å². The number of hydrogen-bond donors (Lipinski definition) is 0. The maximum Gasteiger partial charge on any atom is 0.116 e. The number of halogens is 1. The number of aryl methyl sites for hydroxylation is 1. The first kappa shape index (κ1) is 11.9. The van der Waals surface area contributed by atoms with Crippen molar-refractivity contribution in [3.05, 3.63) is 34.9 Å². The molecule has 1 aromatic rings. The minimum atomic E-state index is -0.286. The fraction of sp³-hybridized carbons (Fsp3) is 0.571. The quantitative estimate of drug-likeness (QED) is 0.677. The fourth-order valence-corrected chi connectivity index (χ4v) is 2.37. The lowest BCUT2D eigenvalue weighted by Crippen LogP contribution is -2.42. The average Bonchev–Trinajstić information content (AvgIpc) is 2.13. The van der Waals surface area contributed by atoms with Crippen molar-refractivity contribution in [3.8, 4) is 0 Å². The smallest absolute Gasteiger partial charge is 0.116 e. The van der Waals surface area contributed by atoms with Crippen molar-refractivity contribution in [1.29, 1.82) is 0 Å². The van der Waals surface area contributed by atoms with E-state index in [2.05, 4.69) is 45.9 Å². The van der Waals surface area contributed by atoms with Gasteiger partial charge in [-0.05, 0) is 29.0 Å². The molecule has 2 heteroatoms. The van der Waals surface area contributed by atoms with Gasteiger partial charge in [-0.15, -0.1) is 11.6 Å². The Kier molecular flexibility index (Phi) is 2.80. The van der Waals surface area contributed by atoms with Crippen molar-refractivity contribution >= 4 is 11.6 Å². The molecule has 1 aliphatic rings. The highest BCUT2D eigenvalue weighted by molar-refractivity contribution is 6.24. The molecule has 1 aromatic carbocycles. The van der Waals surface area contributed by atoms with Crippen LogP contribution in [0.4, 0.5) is 0 Å². The van der Waals surface area contributed by atoms with Gasteiger partial charge in [0, 0.05) is 0 Å². The zero-order valence-corrected chi connectivity index (χ0v) is 11.2. The summed E-state index contributed by atoms with van der Waals surface area (Å²) in [6, 6.07) is 6.60. The van der Waals surface area contributed by atoms with Gasteiger partial charge in [-0.25, -0.2) is 0 Å². The van der Waals surface area contributed by atoms with Crippen LogP contribution in [0.1, 0.15) is 37.5 Å². The Morgan fingerprint density at radius 1 is 1.25 bits per heavy atom. The Bertz CT molecular complexity index is 400. The predicted octanol–water partition coefficient (Wildman–Crippen LogP) is 3.76. The Balaban J connectivity index is 2.45. The second-order valence-electron chi connectivity index (χ2n) is 5.74. The van der Waals surface area contributed by atoms with Crippen molar-refractivity contribution in [2.75, 3.05) is 13.2 Å². The van der Waals surface area contributed by atoms with Crippen molar-refractivity contribution in [1.82, 2.24) is 0 Å². The SMILES string of the molecule is Cc1ccc(C(C)(C)C)cc1C1(Cl)COC1. The van der Waals surface area contributed by atoms with Gasteiger partial charge in [0.25, 0.3) is 0 Å². The summed E-state index contributed by atoms with van der Waals surface area (Å²) in [4.78, 5) is -0.286. The molecule has 88 valence electrons. The monoisotopic (exact) mass is 238 g/mol. The molecule has 16 heavy (non-hydrogen) atoms. The number of ether oxygens (including phenoxy) is 1. The van der Waals surface area contributed by atoms with Crippen LogP contribution in [0.2, 0.25) is 0 Å². The maximum absolute atomic E-state index is 6.54. The van der Waals surface area contributed by atoms with E-state index < -0.39 is 0 Å². The van der Waals surface area contributed by atoms with Crippen LogP contribution in [0.5, 0.6) is 0 Å². The van der Waals surface area contributed by atoms with Gasteiger partial charge in [-0.2, -0.15) is 0 Å². The standard InChI is InChI=1S/C14H19ClO/c1-10-5-6-11(13(2,3)4)7-12(10)14(15)8-16-9-14/h5-7H,8-9H2,1-4H3. The molecule has 0 radical (unpaired) electrons. The van der Waals surface area contributed by atoms with E-state index in [1.54, 1.807) is 0 Å². The van der Waals surface area contributed by atoms with Crippen LogP contribution in [0.25, 0.3) is 0 Å². The third kappa shape index (κ3) is 1.99. The highest BCUT2D eigenvalue weighted by Crippen LogP contribution is 2.39. The van der Waals surface area contributed by atoms with Crippen LogP contribution >= 0.6 is 11.6 Å². The molecule has 1 heterocycles. The second kappa shape index (κ2) is 3.75. The van der Waals surface area contributed by atoms with Crippen LogP contribution in [-0.2, 0) is 15.0 Å². The van der Waals surface area contributed by atoms with Gasteiger partial charge in [0.2, 0.25) is 0 Å². The number of alkyl halides is 1. The summed E-state index contributed by atoms with van der Waals surface area (Å²) in [6.07, 6.45) is 0. The van der Waals surface area contributed by atoms with Crippen molar-refractivity contribution in [2.24, 2.45) is 0 Å². The van der Waals surface area contributed by atoms with Crippen LogP contribution in [0.3, 0.4) is 0 Å². The largest absolute Gasteiger partial charge is 0.377 e. The molecule has 1 saturated heterocycles. The average molecular weight is 239 g/mol.